The maximum atomic E-state index is 14.6. The average molecular weight is 382 g/mol. The van der Waals surface area contributed by atoms with E-state index in [0.717, 1.165) is 32.1 Å². The van der Waals surface area contributed by atoms with Crippen LogP contribution in [-0.4, -0.2) is 28.0 Å². The Balaban J connectivity index is 1.68. The van der Waals surface area contributed by atoms with Crippen molar-refractivity contribution in [3.63, 3.8) is 0 Å². The van der Waals surface area contributed by atoms with Gasteiger partial charge in [0.2, 0.25) is 5.82 Å². The number of unbranched alkanes of at least 4 members (excludes halogenated alkanes) is 1. The van der Waals surface area contributed by atoms with Gasteiger partial charge in [0.1, 0.15) is 0 Å². The summed E-state index contributed by atoms with van der Waals surface area (Å²) in [6, 6.07) is 3.13. The minimum Gasteiger partial charge on any atom is -0.490 e. The average Bonchev–Trinajstić information content (AvgIpc) is 2.67. The predicted octanol–water partition coefficient (Wildman–Crippen LogP) is 5.23. The molecule has 2 aliphatic carbocycles. The molecule has 152 valence electrons. The van der Waals surface area contributed by atoms with Crippen LogP contribution in [0.5, 0.6) is 5.75 Å². The molecule has 3 rings (SSSR count). The Morgan fingerprint density at radius 1 is 0.963 bits per heavy atom. The summed E-state index contributed by atoms with van der Waals surface area (Å²) in [4.78, 5) is 0. The summed E-state index contributed by atoms with van der Waals surface area (Å²) >= 11 is 0. The van der Waals surface area contributed by atoms with Gasteiger partial charge < -0.3 is 14.9 Å². The lowest BCUT2D eigenvalue weighted by molar-refractivity contribution is -0.184. The SMILES string of the molecule is CCCCOc1ccc(C2CCC(O)(C3(O)CCCCC3)CC2)c(F)c1F. The predicted molar refractivity (Wildman–Crippen MR) is 101 cm³/mol. The molecule has 2 saturated carbocycles. The summed E-state index contributed by atoms with van der Waals surface area (Å²) in [7, 11) is 0. The lowest BCUT2D eigenvalue weighted by Crippen LogP contribution is -2.56. The van der Waals surface area contributed by atoms with Crippen LogP contribution in [0, 0.1) is 11.6 Å². The van der Waals surface area contributed by atoms with E-state index in [-0.39, 0.29) is 11.7 Å². The van der Waals surface area contributed by atoms with Crippen LogP contribution >= 0.6 is 0 Å². The van der Waals surface area contributed by atoms with Gasteiger partial charge >= 0.3 is 0 Å². The highest BCUT2D eigenvalue weighted by Crippen LogP contribution is 2.48. The minimum atomic E-state index is -1.11. The van der Waals surface area contributed by atoms with E-state index in [1.165, 1.54) is 6.07 Å². The summed E-state index contributed by atoms with van der Waals surface area (Å²) < 4.78 is 34.3. The molecule has 0 bridgehead atoms. The van der Waals surface area contributed by atoms with Crippen LogP contribution in [0.25, 0.3) is 0 Å². The van der Waals surface area contributed by atoms with Crippen molar-refractivity contribution >= 4 is 0 Å². The number of hydrogen-bond acceptors (Lipinski definition) is 3. The van der Waals surface area contributed by atoms with Crippen LogP contribution in [0.2, 0.25) is 0 Å². The molecule has 0 atom stereocenters. The molecule has 0 saturated heterocycles. The first-order chi connectivity index (χ1) is 12.9. The maximum Gasteiger partial charge on any atom is 0.200 e. The molecular weight excluding hydrogens is 350 g/mol. The molecule has 0 heterocycles. The largest absolute Gasteiger partial charge is 0.490 e. The van der Waals surface area contributed by atoms with Gasteiger partial charge in [0, 0.05) is 0 Å². The summed E-state index contributed by atoms with van der Waals surface area (Å²) in [5, 5.41) is 22.0. The first-order valence-electron chi connectivity index (χ1n) is 10.5. The zero-order chi connectivity index (χ0) is 19.5. The van der Waals surface area contributed by atoms with Crippen molar-refractivity contribution in [1.29, 1.82) is 0 Å². The highest BCUT2D eigenvalue weighted by molar-refractivity contribution is 5.33. The third-order valence-electron chi connectivity index (χ3n) is 6.63. The van der Waals surface area contributed by atoms with Crippen molar-refractivity contribution in [1.82, 2.24) is 0 Å². The summed E-state index contributed by atoms with van der Waals surface area (Å²) in [5.74, 6) is -1.93. The third kappa shape index (κ3) is 4.14. The topological polar surface area (TPSA) is 49.7 Å². The van der Waals surface area contributed by atoms with E-state index in [4.69, 9.17) is 4.74 Å². The lowest BCUT2D eigenvalue weighted by atomic mass is 9.64. The molecule has 27 heavy (non-hydrogen) atoms. The van der Waals surface area contributed by atoms with Gasteiger partial charge in [0.05, 0.1) is 17.8 Å². The Morgan fingerprint density at radius 3 is 2.22 bits per heavy atom. The number of halogens is 2. The first-order valence-corrected chi connectivity index (χ1v) is 10.5. The van der Waals surface area contributed by atoms with Gasteiger partial charge in [-0.25, -0.2) is 4.39 Å². The van der Waals surface area contributed by atoms with Gasteiger partial charge in [-0.15, -0.1) is 0 Å². The van der Waals surface area contributed by atoms with Crippen LogP contribution in [0.3, 0.4) is 0 Å². The summed E-state index contributed by atoms with van der Waals surface area (Å²) in [5.41, 5.74) is -1.79. The summed E-state index contributed by atoms with van der Waals surface area (Å²) in [6.07, 6.45) is 7.88. The highest BCUT2D eigenvalue weighted by atomic mass is 19.2. The van der Waals surface area contributed by atoms with Crippen molar-refractivity contribution < 1.29 is 23.7 Å². The van der Waals surface area contributed by atoms with E-state index >= 15 is 0 Å². The van der Waals surface area contributed by atoms with Crippen LogP contribution in [0.4, 0.5) is 8.78 Å². The number of rotatable bonds is 6. The second-order valence-electron chi connectivity index (χ2n) is 8.38. The van der Waals surface area contributed by atoms with Gasteiger partial charge in [0.25, 0.3) is 0 Å². The smallest absolute Gasteiger partial charge is 0.200 e. The Bertz CT molecular complexity index is 633. The van der Waals surface area contributed by atoms with E-state index in [1.54, 1.807) is 6.07 Å². The molecule has 5 heteroatoms. The van der Waals surface area contributed by atoms with E-state index in [2.05, 4.69) is 0 Å². The Hall–Kier alpha value is -1.20. The van der Waals surface area contributed by atoms with Gasteiger partial charge in [-0.05, 0) is 62.5 Å². The Kier molecular flexibility index (Phi) is 6.42. The van der Waals surface area contributed by atoms with Gasteiger partial charge in [-0.1, -0.05) is 38.7 Å². The van der Waals surface area contributed by atoms with Crippen LogP contribution in [0.1, 0.15) is 89.0 Å². The maximum absolute atomic E-state index is 14.6. The highest BCUT2D eigenvalue weighted by Gasteiger charge is 2.51. The standard InChI is InChI=1S/C22H32F2O3/c1-2-3-15-27-18-8-7-17(19(23)20(18)24)16-9-13-22(26,14-10-16)21(25)11-5-4-6-12-21/h7-8,16,25-26H,2-6,9-15H2,1H3. The quantitative estimate of drug-likeness (QED) is 0.663. The zero-order valence-corrected chi connectivity index (χ0v) is 16.3. The molecule has 0 aliphatic heterocycles. The van der Waals surface area contributed by atoms with Crippen LogP contribution < -0.4 is 4.74 Å². The van der Waals surface area contributed by atoms with Crippen molar-refractivity contribution in [2.45, 2.75) is 94.7 Å². The molecular formula is C22H32F2O3. The third-order valence-corrected chi connectivity index (χ3v) is 6.63. The molecule has 1 aromatic rings. The van der Waals surface area contributed by atoms with Crippen molar-refractivity contribution in [3.05, 3.63) is 29.3 Å². The molecule has 0 amide bonds. The number of benzene rings is 1. The van der Waals surface area contributed by atoms with Crippen LogP contribution in [0.15, 0.2) is 12.1 Å². The van der Waals surface area contributed by atoms with E-state index in [0.29, 0.717) is 50.7 Å². The molecule has 1 aromatic carbocycles. The van der Waals surface area contributed by atoms with Gasteiger partial charge in [-0.3, -0.25) is 0 Å². The fourth-order valence-corrected chi connectivity index (χ4v) is 4.77. The monoisotopic (exact) mass is 382 g/mol. The van der Waals surface area contributed by atoms with E-state index in [9.17, 15) is 19.0 Å². The van der Waals surface area contributed by atoms with Gasteiger partial charge in [-0.2, -0.15) is 4.39 Å². The molecule has 0 unspecified atom stereocenters. The number of ether oxygens (including phenoxy) is 1. The zero-order valence-electron chi connectivity index (χ0n) is 16.3. The summed E-state index contributed by atoms with van der Waals surface area (Å²) in [6.45, 7) is 2.39. The number of aliphatic hydroxyl groups is 2. The van der Waals surface area contributed by atoms with Crippen molar-refractivity contribution in [3.8, 4) is 5.75 Å². The van der Waals surface area contributed by atoms with Crippen molar-refractivity contribution in [2.75, 3.05) is 6.61 Å². The molecule has 2 fully saturated rings. The minimum absolute atomic E-state index is 0.0338. The second-order valence-corrected chi connectivity index (χ2v) is 8.38. The molecule has 0 radical (unpaired) electrons. The van der Waals surface area contributed by atoms with Crippen LogP contribution in [-0.2, 0) is 0 Å². The molecule has 0 aromatic heterocycles. The molecule has 2 aliphatic rings. The van der Waals surface area contributed by atoms with E-state index in [1.807, 2.05) is 6.92 Å². The molecule has 0 spiro atoms. The molecule has 2 N–H and O–H groups in total. The lowest BCUT2D eigenvalue weighted by Gasteiger charge is -2.49. The Morgan fingerprint density at radius 2 is 1.59 bits per heavy atom. The molecule has 3 nitrogen and oxygen atoms in total. The van der Waals surface area contributed by atoms with E-state index < -0.39 is 22.8 Å². The fourth-order valence-electron chi connectivity index (χ4n) is 4.77. The fraction of sp³-hybridized carbons (Fsp3) is 0.727. The van der Waals surface area contributed by atoms with Gasteiger partial charge in [0.15, 0.2) is 11.6 Å². The second kappa shape index (κ2) is 8.44. The number of hydrogen-bond donors (Lipinski definition) is 2. The Labute approximate surface area is 160 Å². The first kappa shape index (κ1) is 20.5. The normalized spacial score (nSPS) is 28.1. The van der Waals surface area contributed by atoms with Crippen molar-refractivity contribution in [2.24, 2.45) is 0 Å².